The second kappa shape index (κ2) is 5.88. The van der Waals surface area contributed by atoms with Crippen molar-refractivity contribution < 1.29 is 19.6 Å². The molecule has 0 radical (unpaired) electrons. The molecule has 0 amide bonds. The topological polar surface area (TPSA) is 89.7 Å². The molecular formula is C12H14ClNO5. The van der Waals surface area contributed by atoms with Gasteiger partial charge in [0.05, 0.1) is 28.0 Å². The Balaban J connectivity index is 2.70. The number of hydrogen-bond donors (Lipinski definition) is 1. The minimum absolute atomic E-state index is 0.111. The van der Waals surface area contributed by atoms with E-state index >= 15 is 0 Å². The maximum absolute atomic E-state index is 10.9. The van der Waals surface area contributed by atoms with E-state index in [2.05, 4.69) is 0 Å². The molecule has 0 saturated heterocycles. The Kier molecular flexibility index (Phi) is 4.72. The standard InChI is InChI=1S/C12H14ClNO5/c1-12(2,11(15)16)5-6-19-10-7-8(14(17)18)3-4-9(10)13/h3-4,7H,5-6H2,1-2H3,(H,15,16). The minimum atomic E-state index is -0.929. The molecule has 104 valence electrons. The van der Waals surface area contributed by atoms with E-state index < -0.39 is 16.3 Å². The lowest BCUT2D eigenvalue weighted by molar-refractivity contribution is -0.384. The number of hydrogen-bond acceptors (Lipinski definition) is 4. The summed E-state index contributed by atoms with van der Waals surface area (Å²) in [4.78, 5) is 21.0. The van der Waals surface area contributed by atoms with E-state index in [0.717, 1.165) is 0 Å². The summed E-state index contributed by atoms with van der Waals surface area (Å²) >= 11 is 5.85. The number of carboxylic acid groups (broad SMARTS) is 1. The van der Waals surface area contributed by atoms with Gasteiger partial charge in [0.2, 0.25) is 0 Å². The molecule has 0 aromatic heterocycles. The summed E-state index contributed by atoms with van der Waals surface area (Å²) in [5, 5.41) is 19.8. The number of benzene rings is 1. The predicted octanol–water partition coefficient (Wildman–Crippen LogP) is 3.13. The van der Waals surface area contributed by atoms with E-state index in [-0.39, 0.29) is 29.5 Å². The molecule has 19 heavy (non-hydrogen) atoms. The van der Waals surface area contributed by atoms with Gasteiger partial charge in [-0.15, -0.1) is 0 Å². The highest BCUT2D eigenvalue weighted by Crippen LogP contribution is 2.30. The summed E-state index contributed by atoms with van der Waals surface area (Å²) in [6.45, 7) is 3.27. The van der Waals surface area contributed by atoms with E-state index in [0.29, 0.717) is 0 Å². The molecule has 1 rings (SSSR count). The van der Waals surface area contributed by atoms with Crippen LogP contribution in [0.15, 0.2) is 18.2 Å². The molecule has 0 saturated carbocycles. The van der Waals surface area contributed by atoms with Crippen molar-refractivity contribution >= 4 is 23.3 Å². The van der Waals surface area contributed by atoms with Crippen molar-refractivity contribution in [2.75, 3.05) is 6.61 Å². The van der Waals surface area contributed by atoms with Crippen LogP contribution in [-0.2, 0) is 4.79 Å². The molecule has 0 aliphatic carbocycles. The largest absolute Gasteiger partial charge is 0.492 e. The average molecular weight is 288 g/mol. The van der Waals surface area contributed by atoms with Crippen molar-refractivity contribution in [1.29, 1.82) is 0 Å². The third-order valence-corrected chi connectivity index (χ3v) is 3.00. The third kappa shape index (κ3) is 4.10. The second-order valence-electron chi connectivity index (χ2n) is 4.66. The number of aliphatic carboxylic acids is 1. The zero-order valence-corrected chi connectivity index (χ0v) is 11.3. The van der Waals surface area contributed by atoms with Crippen molar-refractivity contribution in [2.24, 2.45) is 5.41 Å². The number of ether oxygens (including phenoxy) is 1. The number of nitro groups is 1. The molecule has 1 N–H and O–H groups in total. The van der Waals surface area contributed by atoms with Gasteiger partial charge >= 0.3 is 5.97 Å². The van der Waals surface area contributed by atoms with Crippen LogP contribution >= 0.6 is 11.6 Å². The highest BCUT2D eigenvalue weighted by atomic mass is 35.5. The first-order valence-corrected chi connectivity index (χ1v) is 5.92. The van der Waals surface area contributed by atoms with Gasteiger partial charge in [-0.05, 0) is 26.3 Å². The monoisotopic (exact) mass is 287 g/mol. The Labute approximate surface area is 115 Å². The Morgan fingerprint density at radius 1 is 1.53 bits per heavy atom. The van der Waals surface area contributed by atoms with Gasteiger partial charge in [0.25, 0.3) is 5.69 Å². The first-order valence-electron chi connectivity index (χ1n) is 5.54. The van der Waals surface area contributed by atoms with Gasteiger partial charge in [-0.2, -0.15) is 0 Å². The molecule has 1 aromatic rings. The minimum Gasteiger partial charge on any atom is -0.492 e. The van der Waals surface area contributed by atoms with E-state index in [4.69, 9.17) is 21.4 Å². The van der Waals surface area contributed by atoms with Gasteiger partial charge in [-0.1, -0.05) is 11.6 Å². The maximum Gasteiger partial charge on any atom is 0.309 e. The zero-order chi connectivity index (χ0) is 14.6. The quantitative estimate of drug-likeness (QED) is 0.641. The number of carbonyl (C=O) groups is 1. The molecule has 0 aliphatic rings. The maximum atomic E-state index is 10.9. The van der Waals surface area contributed by atoms with Crippen LogP contribution in [0.5, 0.6) is 5.75 Å². The molecular weight excluding hydrogens is 274 g/mol. The molecule has 0 fully saturated rings. The van der Waals surface area contributed by atoms with Gasteiger partial charge in [0.1, 0.15) is 5.75 Å². The fourth-order valence-corrected chi connectivity index (χ4v) is 1.41. The Hall–Kier alpha value is -1.82. The lowest BCUT2D eigenvalue weighted by atomic mass is 9.90. The molecule has 6 nitrogen and oxygen atoms in total. The Morgan fingerprint density at radius 3 is 2.68 bits per heavy atom. The molecule has 1 aromatic carbocycles. The first-order chi connectivity index (χ1) is 8.74. The predicted molar refractivity (Wildman–Crippen MR) is 69.6 cm³/mol. The van der Waals surface area contributed by atoms with Crippen molar-refractivity contribution in [1.82, 2.24) is 0 Å². The number of rotatable bonds is 6. The fraction of sp³-hybridized carbons (Fsp3) is 0.417. The summed E-state index contributed by atoms with van der Waals surface area (Å²) in [5.74, 6) is -0.752. The lowest BCUT2D eigenvalue weighted by Crippen LogP contribution is -2.25. The SMILES string of the molecule is CC(C)(CCOc1cc([N+](=O)[O-])ccc1Cl)C(=O)O. The molecule has 0 bridgehead atoms. The van der Waals surface area contributed by atoms with Crippen LogP contribution < -0.4 is 4.74 Å². The third-order valence-electron chi connectivity index (χ3n) is 2.69. The van der Waals surface area contributed by atoms with Gasteiger partial charge in [-0.3, -0.25) is 14.9 Å². The lowest BCUT2D eigenvalue weighted by Gasteiger charge is -2.19. The Bertz CT molecular complexity index is 501. The Morgan fingerprint density at radius 2 is 2.16 bits per heavy atom. The number of non-ortho nitro benzene ring substituents is 1. The summed E-state index contributed by atoms with van der Waals surface area (Å²) in [5.41, 5.74) is -1.05. The molecule has 0 aliphatic heterocycles. The van der Waals surface area contributed by atoms with Gasteiger partial charge in [0.15, 0.2) is 0 Å². The highest BCUT2D eigenvalue weighted by molar-refractivity contribution is 6.32. The molecule has 0 heterocycles. The molecule has 0 spiro atoms. The van der Waals surface area contributed by atoms with Crippen molar-refractivity contribution in [2.45, 2.75) is 20.3 Å². The van der Waals surface area contributed by atoms with Crippen LogP contribution in [0.3, 0.4) is 0 Å². The van der Waals surface area contributed by atoms with Crippen LogP contribution in [0.25, 0.3) is 0 Å². The fourth-order valence-electron chi connectivity index (χ4n) is 1.24. The summed E-state index contributed by atoms with van der Waals surface area (Å²) < 4.78 is 5.31. The van der Waals surface area contributed by atoms with Crippen LogP contribution in [-0.4, -0.2) is 22.6 Å². The van der Waals surface area contributed by atoms with Gasteiger partial charge in [-0.25, -0.2) is 0 Å². The van der Waals surface area contributed by atoms with Gasteiger partial charge in [0, 0.05) is 6.07 Å². The second-order valence-corrected chi connectivity index (χ2v) is 5.07. The van der Waals surface area contributed by atoms with Gasteiger partial charge < -0.3 is 9.84 Å². The van der Waals surface area contributed by atoms with Crippen LogP contribution in [0.1, 0.15) is 20.3 Å². The van der Waals surface area contributed by atoms with E-state index in [1.165, 1.54) is 18.2 Å². The number of carboxylic acids is 1. The van der Waals surface area contributed by atoms with Crippen molar-refractivity contribution in [3.8, 4) is 5.75 Å². The normalized spacial score (nSPS) is 11.1. The smallest absolute Gasteiger partial charge is 0.309 e. The van der Waals surface area contributed by atoms with E-state index in [1.54, 1.807) is 13.8 Å². The molecule has 0 atom stereocenters. The number of nitro benzene ring substituents is 1. The molecule has 0 unspecified atom stereocenters. The summed E-state index contributed by atoms with van der Waals surface area (Å²) in [6, 6.07) is 3.86. The van der Waals surface area contributed by atoms with E-state index in [9.17, 15) is 14.9 Å². The zero-order valence-electron chi connectivity index (χ0n) is 10.6. The average Bonchev–Trinajstić information content (AvgIpc) is 2.30. The first kappa shape index (κ1) is 15.2. The van der Waals surface area contributed by atoms with Crippen LogP contribution in [0, 0.1) is 15.5 Å². The number of nitrogens with zero attached hydrogens (tertiary/aromatic N) is 1. The highest BCUT2D eigenvalue weighted by Gasteiger charge is 2.27. The molecule has 7 heteroatoms. The van der Waals surface area contributed by atoms with Crippen molar-refractivity contribution in [3.05, 3.63) is 33.3 Å². The van der Waals surface area contributed by atoms with Crippen LogP contribution in [0.2, 0.25) is 5.02 Å². The number of halogens is 1. The van der Waals surface area contributed by atoms with Crippen molar-refractivity contribution in [3.63, 3.8) is 0 Å². The van der Waals surface area contributed by atoms with E-state index in [1.807, 2.05) is 0 Å². The summed E-state index contributed by atoms with van der Waals surface area (Å²) in [6.07, 6.45) is 0.265. The summed E-state index contributed by atoms with van der Waals surface area (Å²) in [7, 11) is 0. The van der Waals surface area contributed by atoms with Crippen LogP contribution in [0.4, 0.5) is 5.69 Å².